The molecule has 0 saturated carbocycles. The van der Waals surface area contributed by atoms with Crippen molar-refractivity contribution in [3.05, 3.63) is 0 Å². The summed E-state index contributed by atoms with van der Waals surface area (Å²) < 4.78 is 0. The summed E-state index contributed by atoms with van der Waals surface area (Å²) in [5.74, 6) is 1.54. The van der Waals surface area contributed by atoms with Gasteiger partial charge in [-0.05, 0) is 49.4 Å². The van der Waals surface area contributed by atoms with Gasteiger partial charge in [0.1, 0.15) is 0 Å². The summed E-state index contributed by atoms with van der Waals surface area (Å²) >= 11 is 0. The maximum Gasteiger partial charge on any atom is 0.303 e. The molecule has 0 aliphatic rings. The Morgan fingerprint density at radius 1 is 0.462 bits per heavy atom. The molecule has 0 aliphatic heterocycles. The third kappa shape index (κ3) is 23.4. The van der Waals surface area contributed by atoms with Gasteiger partial charge in [0.2, 0.25) is 0 Å². The van der Waals surface area contributed by atoms with E-state index in [0.29, 0.717) is 24.7 Å². The molecule has 0 saturated heterocycles. The van der Waals surface area contributed by atoms with Crippen LogP contribution in [0.15, 0.2) is 0 Å². The van der Waals surface area contributed by atoms with Crippen molar-refractivity contribution < 1.29 is 19.8 Å². The minimum Gasteiger partial charge on any atom is -0.481 e. The Morgan fingerprint density at radius 3 is 1.26 bits per heavy atom. The van der Waals surface area contributed by atoms with E-state index in [1.807, 2.05) is 0 Å². The zero-order valence-electron chi connectivity index (χ0n) is 26.7. The van der Waals surface area contributed by atoms with Gasteiger partial charge in [0.15, 0.2) is 0 Å². The lowest BCUT2D eigenvalue weighted by Gasteiger charge is -2.33. The van der Waals surface area contributed by atoms with E-state index in [1.165, 1.54) is 128 Å². The van der Waals surface area contributed by atoms with E-state index in [0.717, 1.165) is 31.1 Å². The summed E-state index contributed by atoms with van der Waals surface area (Å²) in [4.78, 5) is 22.1. The van der Waals surface area contributed by atoms with Gasteiger partial charge >= 0.3 is 11.9 Å². The molecule has 0 amide bonds. The first-order valence-corrected chi connectivity index (χ1v) is 17.3. The lowest BCUT2D eigenvalue weighted by molar-refractivity contribution is -0.138. The molecule has 4 nitrogen and oxygen atoms in total. The van der Waals surface area contributed by atoms with Crippen LogP contribution in [-0.2, 0) is 9.59 Å². The molecule has 232 valence electrons. The average Bonchev–Trinajstić information content (AvgIpc) is 2.91. The summed E-state index contributed by atoms with van der Waals surface area (Å²) in [6.45, 7) is 9.31. The molecular formula is C35H68O4. The van der Waals surface area contributed by atoms with Gasteiger partial charge in [-0.25, -0.2) is 0 Å². The quantitative estimate of drug-likeness (QED) is 0.0869. The fourth-order valence-corrected chi connectivity index (χ4v) is 6.50. The van der Waals surface area contributed by atoms with Crippen molar-refractivity contribution in [1.82, 2.24) is 0 Å². The molecule has 0 fully saturated rings. The number of aliphatic carboxylic acids is 2. The van der Waals surface area contributed by atoms with Crippen molar-refractivity contribution in [2.45, 2.75) is 188 Å². The van der Waals surface area contributed by atoms with Crippen molar-refractivity contribution in [3.8, 4) is 0 Å². The molecule has 0 aromatic carbocycles. The smallest absolute Gasteiger partial charge is 0.303 e. The second-order valence-corrected chi connectivity index (χ2v) is 12.6. The summed E-state index contributed by atoms with van der Waals surface area (Å²) in [5, 5.41) is 18.2. The van der Waals surface area contributed by atoms with Gasteiger partial charge in [-0.3, -0.25) is 9.59 Å². The van der Waals surface area contributed by atoms with Crippen LogP contribution in [0.25, 0.3) is 0 Å². The Bertz CT molecular complexity index is 543. The number of carbonyl (C=O) groups is 2. The SMILES string of the molecule is CCCCC(CC)CC(CC(CC)CCCC)C(CCCCCCCCCCCCCC(=O)O)CCC(=O)O. The van der Waals surface area contributed by atoms with Crippen LogP contribution in [0.1, 0.15) is 188 Å². The molecule has 0 aromatic rings. The number of carboxylic acid groups (broad SMARTS) is 2. The highest BCUT2D eigenvalue weighted by Crippen LogP contribution is 2.38. The molecule has 0 rings (SSSR count). The van der Waals surface area contributed by atoms with E-state index in [1.54, 1.807) is 0 Å². The fourth-order valence-electron chi connectivity index (χ4n) is 6.50. The van der Waals surface area contributed by atoms with Crippen molar-refractivity contribution in [3.63, 3.8) is 0 Å². The van der Waals surface area contributed by atoms with Crippen LogP contribution in [-0.4, -0.2) is 22.2 Å². The molecule has 0 aliphatic carbocycles. The summed E-state index contributed by atoms with van der Waals surface area (Å²) in [6.07, 6.45) is 29.0. The van der Waals surface area contributed by atoms with Gasteiger partial charge in [0.25, 0.3) is 0 Å². The van der Waals surface area contributed by atoms with Crippen LogP contribution in [0.5, 0.6) is 0 Å². The Hall–Kier alpha value is -1.06. The van der Waals surface area contributed by atoms with E-state index >= 15 is 0 Å². The highest BCUT2D eigenvalue weighted by atomic mass is 16.4. The van der Waals surface area contributed by atoms with E-state index in [4.69, 9.17) is 5.11 Å². The van der Waals surface area contributed by atoms with E-state index in [9.17, 15) is 14.7 Å². The van der Waals surface area contributed by atoms with Gasteiger partial charge in [0, 0.05) is 12.8 Å². The van der Waals surface area contributed by atoms with E-state index in [-0.39, 0.29) is 0 Å². The Morgan fingerprint density at radius 2 is 0.872 bits per heavy atom. The molecule has 39 heavy (non-hydrogen) atoms. The average molecular weight is 553 g/mol. The molecule has 0 spiro atoms. The van der Waals surface area contributed by atoms with Crippen molar-refractivity contribution in [2.75, 3.05) is 0 Å². The number of unbranched alkanes of at least 4 members (excludes halogenated alkanes) is 12. The van der Waals surface area contributed by atoms with Crippen LogP contribution < -0.4 is 0 Å². The molecule has 0 aromatic heterocycles. The molecule has 4 heteroatoms. The number of hydrogen-bond donors (Lipinski definition) is 2. The van der Waals surface area contributed by atoms with Gasteiger partial charge in [0.05, 0.1) is 0 Å². The topological polar surface area (TPSA) is 74.6 Å². The lowest BCUT2D eigenvalue weighted by Crippen LogP contribution is -2.23. The first kappa shape index (κ1) is 37.9. The monoisotopic (exact) mass is 553 g/mol. The van der Waals surface area contributed by atoms with Crippen molar-refractivity contribution in [2.24, 2.45) is 23.7 Å². The van der Waals surface area contributed by atoms with Crippen LogP contribution >= 0.6 is 0 Å². The summed E-state index contributed by atoms with van der Waals surface area (Å²) in [5.41, 5.74) is 0. The molecule has 3 unspecified atom stereocenters. The van der Waals surface area contributed by atoms with Crippen LogP contribution in [0.2, 0.25) is 0 Å². The molecular weight excluding hydrogens is 484 g/mol. The highest BCUT2D eigenvalue weighted by Gasteiger charge is 2.27. The normalized spacial score (nSPS) is 14.7. The highest BCUT2D eigenvalue weighted by molar-refractivity contribution is 5.66. The number of rotatable bonds is 30. The number of hydrogen-bond acceptors (Lipinski definition) is 2. The summed E-state index contributed by atoms with van der Waals surface area (Å²) in [6, 6.07) is 0. The van der Waals surface area contributed by atoms with Crippen LogP contribution in [0.3, 0.4) is 0 Å². The third-order valence-corrected chi connectivity index (χ3v) is 9.22. The summed E-state index contributed by atoms with van der Waals surface area (Å²) in [7, 11) is 0. The number of carboxylic acids is 2. The Labute approximate surface area is 243 Å². The zero-order valence-corrected chi connectivity index (χ0v) is 26.7. The van der Waals surface area contributed by atoms with Gasteiger partial charge in [-0.1, -0.05) is 150 Å². The largest absolute Gasteiger partial charge is 0.481 e. The first-order chi connectivity index (χ1) is 18.9. The van der Waals surface area contributed by atoms with Crippen LogP contribution in [0, 0.1) is 23.7 Å². The Balaban J connectivity index is 4.72. The maximum atomic E-state index is 11.5. The minimum atomic E-state index is -0.673. The molecule has 0 radical (unpaired) electrons. The molecule has 0 bridgehead atoms. The second-order valence-electron chi connectivity index (χ2n) is 12.6. The van der Waals surface area contributed by atoms with Gasteiger partial charge < -0.3 is 10.2 Å². The zero-order chi connectivity index (χ0) is 29.1. The van der Waals surface area contributed by atoms with Crippen molar-refractivity contribution in [1.29, 1.82) is 0 Å². The van der Waals surface area contributed by atoms with Gasteiger partial charge in [-0.15, -0.1) is 0 Å². The van der Waals surface area contributed by atoms with Crippen molar-refractivity contribution >= 4 is 11.9 Å². The minimum absolute atomic E-state index is 0.313. The second kappa shape index (κ2) is 27.1. The van der Waals surface area contributed by atoms with E-state index < -0.39 is 11.9 Å². The Kier molecular flexibility index (Phi) is 26.4. The predicted octanol–water partition coefficient (Wildman–Crippen LogP) is 11.5. The van der Waals surface area contributed by atoms with E-state index in [2.05, 4.69) is 27.7 Å². The predicted molar refractivity (Wildman–Crippen MR) is 167 cm³/mol. The fraction of sp³-hybridized carbons (Fsp3) is 0.943. The van der Waals surface area contributed by atoms with Gasteiger partial charge in [-0.2, -0.15) is 0 Å². The lowest BCUT2D eigenvalue weighted by atomic mass is 9.72. The maximum absolute atomic E-state index is 11.5. The van der Waals surface area contributed by atoms with Crippen LogP contribution in [0.4, 0.5) is 0 Å². The first-order valence-electron chi connectivity index (χ1n) is 17.3. The third-order valence-electron chi connectivity index (χ3n) is 9.22. The molecule has 3 atom stereocenters. The molecule has 0 heterocycles. The molecule has 2 N–H and O–H groups in total. The standard InChI is InChI=1S/C35H68O4/c1-5-9-22-30(7-3)28-33(29-31(8-4)23-10-6-2)32(26-27-35(38)39)24-20-18-16-14-12-11-13-15-17-19-21-25-34(36)37/h30-33H,5-29H2,1-4H3,(H,36,37)(H,38,39).